The van der Waals surface area contributed by atoms with Crippen molar-refractivity contribution in [1.29, 1.82) is 0 Å². The minimum atomic E-state index is -0.805. The van der Waals surface area contributed by atoms with E-state index in [1.165, 1.54) is 7.11 Å². The number of nitrogens with two attached hydrogens (primary N) is 1. The summed E-state index contributed by atoms with van der Waals surface area (Å²) in [5.74, 6) is -0.223. The molecule has 0 saturated heterocycles. The molecule has 1 atom stereocenters. The fraction of sp³-hybridized carbons (Fsp3) is 0.174. The fourth-order valence-electron chi connectivity index (χ4n) is 3.20. The van der Waals surface area contributed by atoms with Crippen LogP contribution in [-0.2, 0) is 19.3 Å². The van der Waals surface area contributed by atoms with E-state index in [4.69, 9.17) is 5.73 Å². The third kappa shape index (κ3) is 4.28. The van der Waals surface area contributed by atoms with Gasteiger partial charge in [-0.1, -0.05) is 91.0 Å². The second-order valence-corrected chi connectivity index (χ2v) is 7.50. The summed E-state index contributed by atoms with van der Waals surface area (Å²) in [6.07, 6.45) is 0. The summed E-state index contributed by atoms with van der Waals surface area (Å²) in [6.45, 7) is 0. The van der Waals surface area contributed by atoms with Gasteiger partial charge in [-0.05, 0) is 16.7 Å². The molecular formula is C23H23NO3S. The average Bonchev–Trinajstić information content (AvgIpc) is 2.76. The van der Waals surface area contributed by atoms with E-state index in [-0.39, 0.29) is 0 Å². The quantitative estimate of drug-likeness (QED) is 0.354. The Labute approximate surface area is 169 Å². The number of hydrogen-bond acceptors (Lipinski definition) is 5. The van der Waals surface area contributed by atoms with Crippen molar-refractivity contribution in [3.63, 3.8) is 0 Å². The minimum Gasteiger partial charge on any atom is -0.318 e. The summed E-state index contributed by atoms with van der Waals surface area (Å²) in [6, 6.07) is 29.9. The molecule has 0 bridgehead atoms. The van der Waals surface area contributed by atoms with Crippen LogP contribution in [0.2, 0.25) is 0 Å². The lowest BCUT2D eigenvalue weighted by atomic mass is 9.84. The van der Waals surface area contributed by atoms with Crippen molar-refractivity contribution < 1.29 is 14.6 Å². The molecule has 0 amide bonds. The Hall–Kier alpha value is -2.60. The first kappa shape index (κ1) is 20.1. The summed E-state index contributed by atoms with van der Waals surface area (Å²) in [4.78, 5) is 21.1. The van der Waals surface area contributed by atoms with Gasteiger partial charge in [-0.2, -0.15) is 4.89 Å². The van der Waals surface area contributed by atoms with Crippen molar-refractivity contribution in [2.75, 3.05) is 12.9 Å². The first-order valence-electron chi connectivity index (χ1n) is 8.99. The normalized spacial score (nSPS) is 12.4. The molecule has 2 N–H and O–H groups in total. The first-order valence-corrected chi connectivity index (χ1v) is 9.97. The van der Waals surface area contributed by atoms with Gasteiger partial charge in [-0.25, -0.2) is 4.79 Å². The molecule has 144 valence electrons. The smallest absolute Gasteiger partial charge is 0.318 e. The van der Waals surface area contributed by atoms with Crippen molar-refractivity contribution in [2.24, 2.45) is 5.73 Å². The topological polar surface area (TPSA) is 61.5 Å². The Morgan fingerprint density at radius 3 is 1.61 bits per heavy atom. The Kier molecular flexibility index (Phi) is 6.87. The average molecular weight is 394 g/mol. The first-order chi connectivity index (χ1) is 13.7. The SMILES string of the molecule is COOC(=O)[C@@H](N)CSC(c1ccccc1)(c1ccccc1)c1ccccc1. The van der Waals surface area contributed by atoms with Crippen molar-refractivity contribution in [3.05, 3.63) is 108 Å². The summed E-state index contributed by atoms with van der Waals surface area (Å²) in [5.41, 5.74) is 9.42. The monoisotopic (exact) mass is 393 g/mol. The van der Waals surface area contributed by atoms with Crippen LogP contribution in [0, 0.1) is 0 Å². The van der Waals surface area contributed by atoms with E-state index in [0.717, 1.165) is 16.7 Å². The molecule has 0 aliphatic rings. The standard InChI is InChI=1S/C23H23NO3S/c1-26-27-22(25)21(24)17-28-23(18-11-5-2-6-12-18,19-13-7-3-8-14-19)20-15-9-4-10-16-20/h2-16,21H,17,24H2,1H3/t21-/m0/s1. The van der Waals surface area contributed by atoms with Gasteiger partial charge < -0.3 is 5.73 Å². The summed E-state index contributed by atoms with van der Waals surface area (Å²) >= 11 is 1.61. The number of thioether (sulfide) groups is 1. The van der Waals surface area contributed by atoms with E-state index < -0.39 is 16.8 Å². The number of carbonyl (C=O) groups is 1. The molecule has 0 aromatic heterocycles. The highest BCUT2D eigenvalue weighted by molar-refractivity contribution is 8.00. The van der Waals surface area contributed by atoms with Crippen LogP contribution in [0.3, 0.4) is 0 Å². The van der Waals surface area contributed by atoms with Crippen molar-refractivity contribution in [1.82, 2.24) is 0 Å². The molecular weight excluding hydrogens is 370 g/mol. The lowest BCUT2D eigenvalue weighted by Gasteiger charge is -2.36. The van der Waals surface area contributed by atoms with Crippen LogP contribution >= 0.6 is 11.8 Å². The zero-order chi connectivity index (χ0) is 19.8. The van der Waals surface area contributed by atoms with Crippen LogP contribution in [0.15, 0.2) is 91.0 Å². The van der Waals surface area contributed by atoms with Gasteiger partial charge in [0.2, 0.25) is 0 Å². The highest BCUT2D eigenvalue weighted by atomic mass is 32.2. The van der Waals surface area contributed by atoms with E-state index in [2.05, 4.69) is 46.2 Å². The van der Waals surface area contributed by atoms with Gasteiger partial charge in [0.25, 0.3) is 0 Å². The Bertz CT molecular complexity index is 775. The Balaban J connectivity index is 2.10. The molecule has 3 rings (SSSR count). The summed E-state index contributed by atoms with van der Waals surface area (Å²) in [5, 5.41) is 0. The zero-order valence-electron chi connectivity index (χ0n) is 15.7. The lowest BCUT2D eigenvalue weighted by Crippen LogP contribution is -2.37. The van der Waals surface area contributed by atoms with Gasteiger partial charge in [-0.3, -0.25) is 4.89 Å². The number of hydrogen-bond donors (Lipinski definition) is 1. The fourth-order valence-corrected chi connectivity index (χ4v) is 4.67. The van der Waals surface area contributed by atoms with Gasteiger partial charge in [0.05, 0.1) is 11.9 Å². The van der Waals surface area contributed by atoms with E-state index in [1.807, 2.05) is 54.6 Å². The molecule has 3 aromatic carbocycles. The molecule has 0 saturated carbocycles. The predicted octanol–water partition coefficient (Wildman–Crippen LogP) is 4.14. The number of benzene rings is 3. The van der Waals surface area contributed by atoms with Gasteiger partial charge in [0.15, 0.2) is 0 Å². The molecule has 3 aromatic rings. The van der Waals surface area contributed by atoms with Crippen LogP contribution in [0.4, 0.5) is 0 Å². The molecule has 5 heteroatoms. The third-order valence-corrected chi connectivity index (χ3v) is 6.15. The maximum atomic E-state index is 12.0. The predicted molar refractivity (Wildman–Crippen MR) is 113 cm³/mol. The second kappa shape index (κ2) is 9.55. The Morgan fingerprint density at radius 1 is 0.857 bits per heavy atom. The molecule has 0 aliphatic heterocycles. The van der Waals surface area contributed by atoms with Crippen LogP contribution < -0.4 is 5.73 Å². The summed E-state index contributed by atoms with van der Waals surface area (Å²) in [7, 11) is 1.29. The molecule has 0 heterocycles. The molecule has 4 nitrogen and oxygen atoms in total. The van der Waals surface area contributed by atoms with Crippen LogP contribution in [0.1, 0.15) is 16.7 Å². The van der Waals surface area contributed by atoms with Gasteiger partial charge in [-0.15, -0.1) is 11.8 Å². The second-order valence-electron chi connectivity index (χ2n) is 6.27. The minimum absolute atomic E-state index is 0.362. The summed E-state index contributed by atoms with van der Waals surface area (Å²) < 4.78 is -0.519. The molecule has 0 radical (unpaired) electrons. The highest BCUT2D eigenvalue weighted by Gasteiger charge is 2.38. The lowest BCUT2D eigenvalue weighted by molar-refractivity contribution is -0.255. The van der Waals surface area contributed by atoms with Crippen molar-refractivity contribution >= 4 is 17.7 Å². The van der Waals surface area contributed by atoms with Crippen LogP contribution in [0.5, 0.6) is 0 Å². The third-order valence-electron chi connectivity index (χ3n) is 4.49. The van der Waals surface area contributed by atoms with Crippen molar-refractivity contribution in [3.8, 4) is 0 Å². The maximum absolute atomic E-state index is 12.0. The van der Waals surface area contributed by atoms with E-state index in [9.17, 15) is 4.79 Å². The number of carbonyl (C=O) groups excluding carboxylic acids is 1. The van der Waals surface area contributed by atoms with Crippen LogP contribution in [0.25, 0.3) is 0 Å². The number of rotatable bonds is 8. The van der Waals surface area contributed by atoms with Gasteiger partial charge in [0, 0.05) is 5.75 Å². The largest absolute Gasteiger partial charge is 0.359 e. The maximum Gasteiger partial charge on any atom is 0.359 e. The highest BCUT2D eigenvalue weighted by Crippen LogP contribution is 2.48. The molecule has 0 unspecified atom stereocenters. The van der Waals surface area contributed by atoms with Gasteiger partial charge >= 0.3 is 5.97 Å². The van der Waals surface area contributed by atoms with E-state index in [0.29, 0.717) is 5.75 Å². The molecule has 0 spiro atoms. The van der Waals surface area contributed by atoms with E-state index in [1.54, 1.807) is 11.8 Å². The zero-order valence-corrected chi connectivity index (χ0v) is 16.5. The van der Waals surface area contributed by atoms with E-state index >= 15 is 0 Å². The molecule has 0 fully saturated rings. The van der Waals surface area contributed by atoms with Gasteiger partial charge in [0.1, 0.15) is 6.04 Å². The van der Waals surface area contributed by atoms with Crippen molar-refractivity contribution in [2.45, 2.75) is 10.8 Å². The molecule has 0 aliphatic carbocycles. The Morgan fingerprint density at radius 2 is 1.25 bits per heavy atom. The molecule has 28 heavy (non-hydrogen) atoms. The van der Waals surface area contributed by atoms with Crippen LogP contribution in [-0.4, -0.2) is 24.9 Å².